The Labute approximate surface area is 85.3 Å². The first kappa shape index (κ1) is 13.1. The van der Waals surface area contributed by atoms with Gasteiger partial charge in [0.15, 0.2) is 0 Å². The number of amides is 1. The summed E-state index contributed by atoms with van der Waals surface area (Å²) in [6.45, 7) is 7.56. The van der Waals surface area contributed by atoms with Crippen LogP contribution >= 0.6 is 0 Å². The summed E-state index contributed by atoms with van der Waals surface area (Å²) in [6, 6.07) is 0. The van der Waals surface area contributed by atoms with E-state index in [1.54, 1.807) is 0 Å². The fourth-order valence-corrected chi connectivity index (χ4v) is 0.800. The average Bonchev–Trinajstić information content (AvgIpc) is 1.90. The molecule has 10 heavy (non-hydrogen) atoms. The van der Waals surface area contributed by atoms with Crippen LogP contribution in [0.4, 0.5) is 0 Å². The van der Waals surface area contributed by atoms with Crippen LogP contribution < -0.4 is 0 Å². The Hall–Kier alpha value is 0.470. The summed E-state index contributed by atoms with van der Waals surface area (Å²) in [5.41, 5.74) is 0. The molecule has 0 heterocycles. The van der Waals surface area contributed by atoms with Crippen LogP contribution in [0, 0.1) is 0 Å². The van der Waals surface area contributed by atoms with E-state index in [4.69, 9.17) is 0 Å². The second-order valence-corrected chi connectivity index (χ2v) is 1.92. The first-order chi connectivity index (χ1) is 4.26. The number of hydrogen-bond acceptors (Lipinski definition) is 1. The summed E-state index contributed by atoms with van der Waals surface area (Å²) in [5.74, 6) is 0.250. The van der Waals surface area contributed by atoms with Crippen molar-refractivity contribution in [2.24, 2.45) is 0 Å². The van der Waals surface area contributed by atoms with Gasteiger partial charge in [0.2, 0.25) is 5.91 Å². The summed E-state index contributed by atoms with van der Waals surface area (Å²) in [7, 11) is 0. The molecule has 0 aliphatic carbocycles. The molecule has 0 aromatic heterocycles. The Balaban J connectivity index is 0. The Morgan fingerprint density at radius 3 is 1.70 bits per heavy atom. The molecule has 0 N–H and O–H groups in total. The Morgan fingerprint density at radius 2 is 1.60 bits per heavy atom. The molecule has 56 valence electrons. The molecular weight excluding hydrogens is 137 g/mol. The normalized spacial score (nSPS) is 8.30. The summed E-state index contributed by atoms with van der Waals surface area (Å²) in [5, 5.41) is 0. The third-order valence-electron chi connectivity index (χ3n) is 1.42. The molecule has 0 aromatic rings. The number of carbonyl (C=O) groups excluding carboxylic acids is 1. The third-order valence-corrected chi connectivity index (χ3v) is 1.42. The maximum absolute atomic E-state index is 10.9. The number of carbonyl (C=O) groups is 1. The zero-order valence-corrected chi connectivity index (χ0v) is 6.48. The van der Waals surface area contributed by atoms with Gasteiger partial charge >= 0.3 is 29.6 Å². The van der Waals surface area contributed by atoms with Gasteiger partial charge in [0.1, 0.15) is 0 Å². The molecule has 0 bridgehead atoms. The molecule has 0 rings (SSSR count). The van der Waals surface area contributed by atoms with Crippen molar-refractivity contribution in [1.29, 1.82) is 0 Å². The van der Waals surface area contributed by atoms with E-state index in [0.29, 0.717) is 6.42 Å². The molecule has 0 fully saturated rings. The van der Waals surface area contributed by atoms with Gasteiger partial charge in [-0.15, -0.1) is 0 Å². The number of rotatable bonds is 3. The van der Waals surface area contributed by atoms with E-state index in [2.05, 4.69) is 0 Å². The third kappa shape index (κ3) is 4.31. The van der Waals surface area contributed by atoms with E-state index in [1.165, 1.54) is 0 Å². The van der Waals surface area contributed by atoms with Crippen molar-refractivity contribution in [3.63, 3.8) is 0 Å². The standard InChI is InChI=1S/C7H15NO.Na.H/c1-4-7(9)8(5-2)6-3;;/h4-6H2,1-3H3;;. The van der Waals surface area contributed by atoms with Gasteiger partial charge in [0.25, 0.3) is 0 Å². The average molecular weight is 153 g/mol. The van der Waals surface area contributed by atoms with Gasteiger partial charge in [-0.2, -0.15) is 0 Å². The van der Waals surface area contributed by atoms with E-state index >= 15 is 0 Å². The monoisotopic (exact) mass is 153 g/mol. The van der Waals surface area contributed by atoms with Gasteiger partial charge in [0, 0.05) is 19.5 Å². The fourth-order valence-electron chi connectivity index (χ4n) is 0.800. The van der Waals surface area contributed by atoms with E-state index in [1.807, 2.05) is 25.7 Å². The van der Waals surface area contributed by atoms with Crippen molar-refractivity contribution in [1.82, 2.24) is 4.90 Å². The van der Waals surface area contributed by atoms with Crippen molar-refractivity contribution in [2.75, 3.05) is 13.1 Å². The van der Waals surface area contributed by atoms with E-state index in [-0.39, 0.29) is 35.5 Å². The SMILES string of the molecule is CCC(=O)N(CC)CC.[NaH]. The van der Waals surface area contributed by atoms with E-state index in [0.717, 1.165) is 13.1 Å². The molecular formula is C7H16NNaO. The molecule has 0 aliphatic heterocycles. The summed E-state index contributed by atoms with van der Waals surface area (Å²) >= 11 is 0. The van der Waals surface area contributed by atoms with Gasteiger partial charge < -0.3 is 4.90 Å². The predicted octanol–water partition coefficient (Wildman–Crippen LogP) is 0.616. The molecule has 3 heteroatoms. The number of nitrogens with zero attached hydrogens (tertiary/aromatic N) is 1. The Morgan fingerprint density at radius 1 is 1.20 bits per heavy atom. The molecule has 0 aromatic carbocycles. The minimum atomic E-state index is 0. The summed E-state index contributed by atoms with van der Waals surface area (Å²) in [6.07, 6.45) is 0.627. The zero-order valence-electron chi connectivity index (χ0n) is 6.48. The van der Waals surface area contributed by atoms with Crippen LogP contribution in [0.5, 0.6) is 0 Å². The molecule has 0 saturated heterocycles. The molecule has 0 radical (unpaired) electrons. The topological polar surface area (TPSA) is 20.3 Å². The molecule has 2 nitrogen and oxygen atoms in total. The minimum absolute atomic E-state index is 0. The van der Waals surface area contributed by atoms with Crippen LogP contribution in [0.3, 0.4) is 0 Å². The van der Waals surface area contributed by atoms with Crippen LogP contribution in [0.1, 0.15) is 27.2 Å². The molecule has 0 spiro atoms. The van der Waals surface area contributed by atoms with Crippen molar-refractivity contribution < 1.29 is 4.79 Å². The second kappa shape index (κ2) is 7.58. The summed E-state index contributed by atoms with van der Waals surface area (Å²) < 4.78 is 0. The first-order valence-corrected chi connectivity index (χ1v) is 3.54. The first-order valence-electron chi connectivity index (χ1n) is 3.54. The summed E-state index contributed by atoms with van der Waals surface area (Å²) in [4.78, 5) is 12.7. The van der Waals surface area contributed by atoms with Gasteiger partial charge in [-0.25, -0.2) is 0 Å². The van der Waals surface area contributed by atoms with Gasteiger partial charge in [-0.3, -0.25) is 4.79 Å². The van der Waals surface area contributed by atoms with Crippen LogP contribution in [0.25, 0.3) is 0 Å². The van der Waals surface area contributed by atoms with Crippen LogP contribution in [0.2, 0.25) is 0 Å². The van der Waals surface area contributed by atoms with Crippen molar-refractivity contribution in [3.8, 4) is 0 Å². The molecule has 0 aliphatic rings. The van der Waals surface area contributed by atoms with Crippen LogP contribution in [0.15, 0.2) is 0 Å². The van der Waals surface area contributed by atoms with Crippen LogP contribution in [-0.4, -0.2) is 53.5 Å². The zero-order chi connectivity index (χ0) is 7.28. The molecule has 0 unspecified atom stereocenters. The van der Waals surface area contributed by atoms with E-state index < -0.39 is 0 Å². The quantitative estimate of drug-likeness (QED) is 0.544. The van der Waals surface area contributed by atoms with Crippen LogP contribution in [-0.2, 0) is 4.79 Å². The second-order valence-electron chi connectivity index (χ2n) is 1.92. The Kier molecular flexibility index (Phi) is 9.92. The van der Waals surface area contributed by atoms with Gasteiger partial charge in [0.05, 0.1) is 0 Å². The fraction of sp³-hybridized carbons (Fsp3) is 0.857. The Bertz CT molecular complexity index is 91.6. The molecule has 1 amide bonds. The predicted molar refractivity (Wildman–Crippen MR) is 45.4 cm³/mol. The van der Waals surface area contributed by atoms with Crippen molar-refractivity contribution in [2.45, 2.75) is 27.2 Å². The molecule has 0 atom stereocenters. The van der Waals surface area contributed by atoms with Gasteiger partial charge in [-0.05, 0) is 13.8 Å². The van der Waals surface area contributed by atoms with Crippen molar-refractivity contribution >= 4 is 35.5 Å². The van der Waals surface area contributed by atoms with Gasteiger partial charge in [-0.1, -0.05) is 6.92 Å². The maximum atomic E-state index is 10.9. The molecule has 0 saturated carbocycles. The number of hydrogen-bond donors (Lipinski definition) is 0. The van der Waals surface area contributed by atoms with E-state index in [9.17, 15) is 4.79 Å². The van der Waals surface area contributed by atoms with Crippen molar-refractivity contribution in [3.05, 3.63) is 0 Å².